The van der Waals surface area contributed by atoms with Crippen molar-refractivity contribution in [1.82, 2.24) is 25.1 Å². The number of hydrogen-bond donors (Lipinski definition) is 3. The number of aromatic amines is 1. The standard InChI is InChI=1S/C26H32Cl2N6O6S/c1-12-17(27)18(28)20(29-12)22(36)31-19-13-10-34(11-14(13)19)24-30-15(21(41-24)23(37)38)9-16(35)32-5-7-33(8-6-32)25(39)40-26(2,3)4/h13-14,19,29H,5-11H2,1-4H3,(H,31,36)(H,37,38)/t13-,14+,19+. The van der Waals surface area contributed by atoms with Crippen LogP contribution < -0.4 is 10.2 Å². The SMILES string of the molecule is Cc1[nH]c(C(=O)N[C@H]2[C@@H]3CN(c4nc(CC(=O)N5CCN(C(=O)OC(C)(C)C)CC5)c(C(=O)O)s4)C[C@@H]32)c(Cl)c1Cl. The number of nitrogens with one attached hydrogen (secondary N) is 2. The van der Waals surface area contributed by atoms with E-state index in [0.717, 1.165) is 11.3 Å². The molecule has 41 heavy (non-hydrogen) atoms. The van der Waals surface area contributed by atoms with Gasteiger partial charge in [-0.2, -0.15) is 0 Å². The van der Waals surface area contributed by atoms with Crippen LogP contribution >= 0.6 is 34.5 Å². The maximum atomic E-state index is 13.0. The minimum absolute atomic E-state index is 0.0171. The molecule has 1 saturated carbocycles. The Balaban J connectivity index is 1.16. The Kier molecular flexibility index (Phi) is 7.90. The summed E-state index contributed by atoms with van der Waals surface area (Å²) < 4.78 is 5.40. The molecule has 1 aliphatic carbocycles. The molecule has 12 nitrogen and oxygen atoms in total. The van der Waals surface area contributed by atoms with Crippen LogP contribution in [0.5, 0.6) is 0 Å². The molecule has 15 heteroatoms. The molecule has 0 aromatic carbocycles. The second-order valence-corrected chi connectivity index (χ2v) is 13.3. The Morgan fingerprint density at radius 2 is 1.68 bits per heavy atom. The van der Waals surface area contributed by atoms with Crippen molar-refractivity contribution in [3.05, 3.63) is 32.0 Å². The summed E-state index contributed by atoms with van der Waals surface area (Å²) in [5, 5.41) is 13.9. The van der Waals surface area contributed by atoms with E-state index in [0.29, 0.717) is 55.1 Å². The fourth-order valence-corrected chi connectivity index (χ4v) is 6.69. The van der Waals surface area contributed by atoms with Gasteiger partial charge in [0.2, 0.25) is 5.91 Å². The zero-order valence-corrected chi connectivity index (χ0v) is 25.5. The van der Waals surface area contributed by atoms with Crippen molar-refractivity contribution in [2.75, 3.05) is 44.2 Å². The summed E-state index contributed by atoms with van der Waals surface area (Å²) >= 11 is 13.3. The number of amides is 3. The number of thiazole rings is 1. The van der Waals surface area contributed by atoms with Crippen LogP contribution in [0.3, 0.4) is 0 Å². The summed E-state index contributed by atoms with van der Waals surface area (Å²) in [7, 11) is 0. The summed E-state index contributed by atoms with van der Waals surface area (Å²) in [6, 6.07) is -0.0171. The molecule has 2 aliphatic heterocycles. The van der Waals surface area contributed by atoms with Crippen molar-refractivity contribution >= 4 is 63.5 Å². The number of halogens is 2. The topological polar surface area (TPSA) is 148 Å². The average Bonchev–Trinajstić information content (AvgIpc) is 3.26. The number of fused-ring (bicyclic) bond motifs is 1. The van der Waals surface area contributed by atoms with Crippen molar-refractivity contribution in [2.24, 2.45) is 11.8 Å². The molecule has 5 rings (SSSR count). The van der Waals surface area contributed by atoms with Gasteiger partial charge in [0.25, 0.3) is 5.91 Å². The quantitative estimate of drug-likeness (QED) is 0.442. The molecule has 0 unspecified atom stereocenters. The first-order valence-electron chi connectivity index (χ1n) is 13.3. The molecule has 0 bridgehead atoms. The predicted molar refractivity (Wildman–Crippen MR) is 153 cm³/mol. The number of H-pyrrole nitrogens is 1. The summed E-state index contributed by atoms with van der Waals surface area (Å²) in [4.78, 5) is 62.7. The Hall–Kier alpha value is -3.03. The van der Waals surface area contributed by atoms with Crippen molar-refractivity contribution < 1.29 is 29.0 Å². The van der Waals surface area contributed by atoms with E-state index in [1.54, 1.807) is 37.5 Å². The fourth-order valence-electron chi connectivity index (χ4n) is 5.33. The molecule has 2 saturated heterocycles. The molecule has 3 N–H and O–H groups in total. The van der Waals surface area contributed by atoms with Crippen LogP contribution in [0.4, 0.5) is 9.93 Å². The summed E-state index contributed by atoms with van der Waals surface area (Å²) in [5.74, 6) is -1.28. The first-order valence-corrected chi connectivity index (χ1v) is 14.9. The monoisotopic (exact) mass is 626 g/mol. The third-order valence-electron chi connectivity index (χ3n) is 7.53. The first kappa shape index (κ1) is 29.5. The van der Waals surface area contributed by atoms with Gasteiger partial charge in [0.05, 0.1) is 22.2 Å². The van der Waals surface area contributed by atoms with Gasteiger partial charge in [-0.15, -0.1) is 0 Å². The van der Waals surface area contributed by atoms with Crippen LogP contribution in [0.25, 0.3) is 0 Å². The maximum Gasteiger partial charge on any atom is 0.410 e. The minimum atomic E-state index is -1.13. The van der Waals surface area contributed by atoms with E-state index in [4.69, 9.17) is 27.9 Å². The molecule has 3 aliphatic rings. The van der Waals surface area contributed by atoms with Gasteiger partial charge in [0.15, 0.2) is 5.13 Å². The zero-order valence-electron chi connectivity index (χ0n) is 23.1. The highest BCUT2D eigenvalue weighted by Gasteiger charge is 2.57. The van der Waals surface area contributed by atoms with Crippen LogP contribution in [0.2, 0.25) is 10.0 Å². The van der Waals surface area contributed by atoms with E-state index in [9.17, 15) is 24.3 Å². The Morgan fingerprint density at radius 3 is 2.22 bits per heavy atom. The number of aromatic nitrogens is 2. The summed E-state index contributed by atoms with van der Waals surface area (Å²) in [6.45, 7) is 9.70. The lowest BCUT2D eigenvalue weighted by molar-refractivity contribution is -0.132. The van der Waals surface area contributed by atoms with Crippen molar-refractivity contribution in [3.8, 4) is 0 Å². The van der Waals surface area contributed by atoms with E-state index < -0.39 is 17.7 Å². The number of piperidine rings is 1. The summed E-state index contributed by atoms with van der Waals surface area (Å²) in [5.41, 5.74) is 0.493. The molecule has 3 atom stereocenters. The molecular weight excluding hydrogens is 595 g/mol. The highest BCUT2D eigenvalue weighted by molar-refractivity contribution is 7.17. The van der Waals surface area contributed by atoms with Crippen molar-refractivity contribution in [2.45, 2.75) is 45.8 Å². The first-order chi connectivity index (χ1) is 19.2. The number of ether oxygens (including phenoxy) is 1. The number of nitrogens with zero attached hydrogens (tertiary/aromatic N) is 4. The third kappa shape index (κ3) is 6.12. The number of hydrogen-bond acceptors (Lipinski definition) is 8. The number of carboxylic acids is 1. The van der Waals surface area contributed by atoms with Crippen molar-refractivity contribution in [1.29, 1.82) is 0 Å². The van der Waals surface area contributed by atoms with Crippen LogP contribution in [0, 0.1) is 18.8 Å². The molecule has 2 aromatic rings. The van der Waals surface area contributed by atoms with Crippen LogP contribution in [-0.4, -0.2) is 99.7 Å². The molecule has 0 spiro atoms. The minimum Gasteiger partial charge on any atom is -0.477 e. The van der Waals surface area contributed by atoms with Gasteiger partial charge in [0.1, 0.15) is 16.2 Å². The molecule has 3 fully saturated rings. The number of carbonyl (C=O) groups is 4. The predicted octanol–water partition coefficient (Wildman–Crippen LogP) is 3.27. The molecule has 222 valence electrons. The number of rotatable bonds is 6. The van der Waals surface area contributed by atoms with E-state index in [1.807, 2.05) is 4.90 Å². The van der Waals surface area contributed by atoms with Gasteiger partial charge in [-0.1, -0.05) is 34.5 Å². The van der Waals surface area contributed by atoms with E-state index in [1.165, 1.54) is 0 Å². The van der Waals surface area contributed by atoms with E-state index >= 15 is 0 Å². The zero-order chi connectivity index (χ0) is 29.8. The van der Waals surface area contributed by atoms with Gasteiger partial charge in [-0.3, -0.25) is 9.59 Å². The lowest BCUT2D eigenvalue weighted by Crippen LogP contribution is -2.52. The summed E-state index contributed by atoms with van der Waals surface area (Å²) in [6.07, 6.45) is -0.553. The number of aryl methyl sites for hydroxylation is 1. The molecule has 4 heterocycles. The second-order valence-electron chi connectivity index (χ2n) is 11.6. The number of aromatic carboxylic acids is 1. The lowest BCUT2D eigenvalue weighted by Gasteiger charge is -2.35. The average molecular weight is 628 g/mol. The number of anilines is 1. The number of carboxylic acid groups (broad SMARTS) is 1. The Labute approximate surface area is 250 Å². The fraction of sp³-hybridized carbons (Fsp3) is 0.577. The van der Waals surface area contributed by atoms with Gasteiger partial charge in [0, 0.05) is 62.8 Å². The molecule has 0 radical (unpaired) electrons. The third-order valence-corrected chi connectivity index (χ3v) is 9.62. The lowest BCUT2D eigenvalue weighted by atomic mass is 10.2. The molecule has 2 aromatic heterocycles. The van der Waals surface area contributed by atoms with Gasteiger partial charge in [-0.05, 0) is 27.7 Å². The van der Waals surface area contributed by atoms with Crippen molar-refractivity contribution in [3.63, 3.8) is 0 Å². The molecular formula is C26H32Cl2N6O6S. The van der Waals surface area contributed by atoms with Gasteiger partial charge >= 0.3 is 12.1 Å². The normalized spacial score (nSPS) is 22.0. The van der Waals surface area contributed by atoms with E-state index in [2.05, 4.69) is 15.3 Å². The number of carbonyl (C=O) groups excluding carboxylic acids is 3. The van der Waals surface area contributed by atoms with E-state index in [-0.39, 0.29) is 57.4 Å². The van der Waals surface area contributed by atoms with Crippen LogP contribution in [0.15, 0.2) is 0 Å². The van der Waals surface area contributed by atoms with Crippen LogP contribution in [-0.2, 0) is 16.0 Å². The largest absolute Gasteiger partial charge is 0.477 e. The highest BCUT2D eigenvalue weighted by Crippen LogP contribution is 2.48. The Morgan fingerprint density at radius 1 is 1.07 bits per heavy atom. The van der Waals surface area contributed by atoms with Gasteiger partial charge < -0.3 is 34.8 Å². The highest BCUT2D eigenvalue weighted by atomic mass is 35.5. The molecule has 3 amide bonds. The smallest absolute Gasteiger partial charge is 0.410 e. The van der Waals surface area contributed by atoms with Crippen LogP contribution in [0.1, 0.15) is 52.3 Å². The Bertz CT molecular complexity index is 1380. The second kappa shape index (κ2) is 11.0. The number of piperazine rings is 1. The van der Waals surface area contributed by atoms with Gasteiger partial charge in [-0.25, -0.2) is 14.6 Å². The maximum absolute atomic E-state index is 13.0.